The summed E-state index contributed by atoms with van der Waals surface area (Å²) < 4.78 is 1.09. The van der Waals surface area contributed by atoms with Gasteiger partial charge in [0.2, 0.25) is 5.91 Å². The van der Waals surface area contributed by atoms with Crippen LogP contribution in [0.15, 0.2) is 53.6 Å². The summed E-state index contributed by atoms with van der Waals surface area (Å²) in [6.07, 6.45) is 3.35. The van der Waals surface area contributed by atoms with Crippen molar-refractivity contribution in [2.75, 3.05) is 7.05 Å². The standard InChI is InChI=1S/C16H15N5O2/c1-20(10-12-6-8-17-9-7-12)15(22)11-21-16(23)13-4-2-3-5-14(13)18-19-21/h2-9H,10-11H2,1H3. The lowest BCUT2D eigenvalue weighted by atomic mass is 10.2. The Morgan fingerprint density at radius 2 is 1.91 bits per heavy atom. The van der Waals surface area contributed by atoms with Crippen LogP contribution < -0.4 is 5.56 Å². The molecule has 2 aromatic heterocycles. The summed E-state index contributed by atoms with van der Waals surface area (Å²) in [6.45, 7) is 0.301. The van der Waals surface area contributed by atoms with E-state index in [0.29, 0.717) is 17.4 Å². The molecule has 116 valence electrons. The van der Waals surface area contributed by atoms with Gasteiger partial charge >= 0.3 is 0 Å². The number of aromatic nitrogens is 4. The Bertz CT molecular complexity index is 892. The van der Waals surface area contributed by atoms with Crippen molar-refractivity contribution in [2.45, 2.75) is 13.1 Å². The zero-order chi connectivity index (χ0) is 16.2. The molecular formula is C16H15N5O2. The van der Waals surface area contributed by atoms with Crippen LogP contribution in [0.25, 0.3) is 10.9 Å². The number of amides is 1. The van der Waals surface area contributed by atoms with Crippen molar-refractivity contribution in [3.05, 3.63) is 64.7 Å². The lowest BCUT2D eigenvalue weighted by Gasteiger charge is -2.17. The normalized spacial score (nSPS) is 10.7. The van der Waals surface area contributed by atoms with Crippen molar-refractivity contribution in [3.8, 4) is 0 Å². The molecule has 3 aromatic rings. The van der Waals surface area contributed by atoms with Crippen LogP contribution in [0.4, 0.5) is 0 Å². The van der Waals surface area contributed by atoms with Crippen molar-refractivity contribution in [2.24, 2.45) is 0 Å². The van der Waals surface area contributed by atoms with Gasteiger partial charge in [-0.3, -0.25) is 14.6 Å². The molecule has 7 nitrogen and oxygen atoms in total. The second-order valence-electron chi connectivity index (χ2n) is 5.17. The molecular weight excluding hydrogens is 294 g/mol. The third-order valence-electron chi connectivity index (χ3n) is 3.51. The zero-order valence-corrected chi connectivity index (χ0v) is 12.6. The lowest BCUT2D eigenvalue weighted by Crippen LogP contribution is -2.35. The maximum Gasteiger partial charge on any atom is 0.278 e. The van der Waals surface area contributed by atoms with Crippen LogP contribution in [0, 0.1) is 0 Å². The molecule has 0 N–H and O–H groups in total. The maximum absolute atomic E-state index is 12.3. The monoisotopic (exact) mass is 309 g/mol. The van der Waals surface area contributed by atoms with Gasteiger partial charge in [0.25, 0.3) is 5.56 Å². The molecule has 0 spiro atoms. The van der Waals surface area contributed by atoms with Crippen LogP contribution in [0.3, 0.4) is 0 Å². The smallest absolute Gasteiger partial charge is 0.278 e. The SMILES string of the molecule is CN(Cc1ccncc1)C(=O)Cn1nnc2ccccc2c1=O. The molecule has 0 saturated carbocycles. The molecule has 0 bridgehead atoms. The lowest BCUT2D eigenvalue weighted by molar-refractivity contribution is -0.131. The molecule has 0 aliphatic rings. The van der Waals surface area contributed by atoms with E-state index in [-0.39, 0.29) is 18.0 Å². The van der Waals surface area contributed by atoms with Gasteiger partial charge in [-0.1, -0.05) is 17.3 Å². The summed E-state index contributed by atoms with van der Waals surface area (Å²) in [5, 5.41) is 8.26. The minimum atomic E-state index is -0.318. The average Bonchev–Trinajstić information content (AvgIpc) is 2.58. The number of nitrogens with zero attached hydrogens (tertiary/aromatic N) is 5. The van der Waals surface area contributed by atoms with Gasteiger partial charge in [0.15, 0.2) is 0 Å². The molecule has 0 unspecified atom stereocenters. The Morgan fingerprint density at radius 3 is 2.70 bits per heavy atom. The molecule has 0 radical (unpaired) electrons. The molecule has 0 aliphatic heterocycles. The van der Waals surface area contributed by atoms with E-state index in [2.05, 4.69) is 15.3 Å². The van der Waals surface area contributed by atoms with Crippen LogP contribution >= 0.6 is 0 Å². The van der Waals surface area contributed by atoms with Gasteiger partial charge in [-0.05, 0) is 29.8 Å². The van der Waals surface area contributed by atoms with E-state index in [9.17, 15) is 9.59 Å². The fraction of sp³-hybridized carbons (Fsp3) is 0.188. The van der Waals surface area contributed by atoms with Crippen LogP contribution in [-0.2, 0) is 17.9 Å². The van der Waals surface area contributed by atoms with E-state index in [1.807, 2.05) is 12.1 Å². The predicted molar refractivity (Wildman–Crippen MR) is 84.5 cm³/mol. The van der Waals surface area contributed by atoms with Gasteiger partial charge in [0, 0.05) is 26.0 Å². The van der Waals surface area contributed by atoms with Gasteiger partial charge in [0.05, 0.1) is 5.39 Å². The summed E-state index contributed by atoms with van der Waals surface area (Å²) >= 11 is 0. The Labute approximate surface area is 132 Å². The molecule has 0 fully saturated rings. The van der Waals surface area contributed by atoms with Crippen molar-refractivity contribution in [3.63, 3.8) is 0 Å². The maximum atomic E-state index is 12.3. The summed E-state index contributed by atoms with van der Waals surface area (Å²) in [5.41, 5.74) is 1.17. The second kappa shape index (κ2) is 6.35. The first kappa shape index (κ1) is 14.8. The quantitative estimate of drug-likeness (QED) is 0.713. The number of carbonyl (C=O) groups is 1. The van der Waals surface area contributed by atoms with Crippen molar-refractivity contribution >= 4 is 16.8 Å². The van der Waals surface area contributed by atoms with Gasteiger partial charge in [-0.2, -0.15) is 0 Å². The predicted octanol–water partition coefficient (Wildman–Crippen LogP) is 0.845. The van der Waals surface area contributed by atoms with Gasteiger partial charge < -0.3 is 4.90 Å². The topological polar surface area (TPSA) is 81.0 Å². The van der Waals surface area contributed by atoms with E-state index >= 15 is 0 Å². The molecule has 2 heterocycles. The van der Waals surface area contributed by atoms with Crippen LogP contribution in [0.5, 0.6) is 0 Å². The van der Waals surface area contributed by atoms with Crippen molar-refractivity contribution in [1.29, 1.82) is 0 Å². The minimum absolute atomic E-state index is 0.141. The number of likely N-dealkylation sites (N-methyl/N-ethyl adjacent to an activating group) is 1. The van der Waals surface area contributed by atoms with Crippen LogP contribution in [0.1, 0.15) is 5.56 Å². The number of hydrogen-bond acceptors (Lipinski definition) is 5. The number of hydrogen-bond donors (Lipinski definition) is 0. The van der Waals surface area contributed by atoms with Crippen LogP contribution in [0.2, 0.25) is 0 Å². The van der Waals surface area contributed by atoms with Crippen LogP contribution in [-0.4, -0.2) is 37.8 Å². The highest BCUT2D eigenvalue weighted by Crippen LogP contribution is 2.04. The number of carbonyl (C=O) groups excluding carboxylic acids is 1. The molecule has 7 heteroatoms. The number of pyridine rings is 1. The average molecular weight is 309 g/mol. The van der Waals surface area contributed by atoms with Crippen molar-refractivity contribution in [1.82, 2.24) is 24.9 Å². The fourth-order valence-electron chi connectivity index (χ4n) is 2.23. The first-order valence-corrected chi connectivity index (χ1v) is 7.10. The van der Waals surface area contributed by atoms with E-state index in [4.69, 9.17) is 0 Å². The molecule has 0 saturated heterocycles. The largest absolute Gasteiger partial charge is 0.340 e. The number of fused-ring (bicyclic) bond motifs is 1. The van der Waals surface area contributed by atoms with Gasteiger partial charge in [-0.25, -0.2) is 4.68 Å². The summed E-state index contributed by atoms with van der Waals surface area (Å²) in [5.74, 6) is -0.214. The van der Waals surface area contributed by atoms with E-state index in [1.165, 1.54) is 0 Å². The Balaban J connectivity index is 1.77. The number of benzene rings is 1. The molecule has 1 amide bonds. The highest BCUT2D eigenvalue weighted by molar-refractivity contribution is 5.78. The molecule has 0 atom stereocenters. The van der Waals surface area contributed by atoms with E-state index in [1.54, 1.807) is 48.6 Å². The first-order chi connectivity index (χ1) is 11.1. The Hall–Kier alpha value is -3.09. The van der Waals surface area contributed by atoms with E-state index in [0.717, 1.165) is 10.2 Å². The highest BCUT2D eigenvalue weighted by atomic mass is 16.2. The first-order valence-electron chi connectivity index (χ1n) is 7.10. The van der Waals surface area contributed by atoms with E-state index < -0.39 is 0 Å². The van der Waals surface area contributed by atoms with Gasteiger partial charge in [0.1, 0.15) is 12.1 Å². The summed E-state index contributed by atoms with van der Waals surface area (Å²) in [4.78, 5) is 30.1. The highest BCUT2D eigenvalue weighted by Gasteiger charge is 2.13. The Morgan fingerprint density at radius 1 is 1.17 bits per heavy atom. The summed E-state index contributed by atoms with van der Waals surface area (Å²) in [6, 6.07) is 10.6. The third-order valence-corrected chi connectivity index (χ3v) is 3.51. The molecule has 3 rings (SSSR count). The zero-order valence-electron chi connectivity index (χ0n) is 12.6. The Kier molecular flexibility index (Phi) is 4.09. The fourth-order valence-corrected chi connectivity index (χ4v) is 2.23. The molecule has 23 heavy (non-hydrogen) atoms. The van der Waals surface area contributed by atoms with Crippen molar-refractivity contribution < 1.29 is 4.79 Å². The number of rotatable bonds is 4. The molecule has 1 aromatic carbocycles. The second-order valence-corrected chi connectivity index (χ2v) is 5.17. The third kappa shape index (κ3) is 3.23. The molecule has 0 aliphatic carbocycles. The summed E-state index contributed by atoms with van der Waals surface area (Å²) in [7, 11) is 1.68. The minimum Gasteiger partial charge on any atom is -0.340 e. The van der Waals surface area contributed by atoms with Gasteiger partial charge in [-0.15, -0.1) is 5.10 Å².